The molecule has 0 fully saturated rings. The van der Waals surface area contributed by atoms with Crippen LogP contribution in [-0.2, 0) is 11.4 Å². The molecule has 1 atom stereocenters. The molecular formula is C34H32ClN3O6S. The highest BCUT2D eigenvalue weighted by molar-refractivity contribution is 7.07. The Hall–Kier alpha value is -4.54. The summed E-state index contributed by atoms with van der Waals surface area (Å²) in [7, 11) is 1.57. The van der Waals surface area contributed by atoms with E-state index in [0.717, 1.165) is 16.7 Å². The van der Waals surface area contributed by atoms with Crippen molar-refractivity contribution in [3.8, 4) is 23.0 Å². The summed E-state index contributed by atoms with van der Waals surface area (Å²) in [4.78, 5) is 34.8. The molecule has 0 N–H and O–H groups in total. The lowest BCUT2D eigenvalue weighted by Crippen LogP contribution is -2.43. The van der Waals surface area contributed by atoms with Gasteiger partial charge in [-0.05, 0) is 79.9 Å². The van der Waals surface area contributed by atoms with E-state index >= 15 is 0 Å². The third kappa shape index (κ3) is 5.95. The van der Waals surface area contributed by atoms with E-state index in [-0.39, 0.29) is 18.3 Å². The molecule has 3 heterocycles. The van der Waals surface area contributed by atoms with Crippen molar-refractivity contribution in [1.82, 2.24) is 9.47 Å². The monoisotopic (exact) mass is 645 g/mol. The van der Waals surface area contributed by atoms with Crippen LogP contribution < -0.4 is 33.8 Å². The van der Waals surface area contributed by atoms with Gasteiger partial charge in [0.05, 0.1) is 29.0 Å². The number of hydrogen-bond donors (Lipinski definition) is 0. The van der Waals surface area contributed by atoms with Gasteiger partial charge in [-0.15, -0.1) is 0 Å². The molecule has 9 nitrogen and oxygen atoms in total. The zero-order chi connectivity index (χ0) is 31.7. The third-order valence-corrected chi connectivity index (χ3v) is 9.04. The van der Waals surface area contributed by atoms with E-state index in [0.29, 0.717) is 68.3 Å². The Morgan fingerprint density at radius 2 is 1.82 bits per heavy atom. The van der Waals surface area contributed by atoms with E-state index in [1.807, 2.05) is 69.3 Å². The molecule has 0 spiro atoms. The summed E-state index contributed by atoms with van der Waals surface area (Å²) in [5.41, 5.74) is 3.29. The molecule has 1 aromatic heterocycles. The average molecular weight is 646 g/mol. The predicted octanol–water partition coefficient (Wildman–Crippen LogP) is 5.07. The standard InChI is InChI=1S/C34H32ClN3O6S/c1-5-37(6-2)33(40)30-20(3)36-34-38(31(30)23-9-11-24(35)12-10-23)32(39)29(45-34)17-21-7-13-25(27(15-21)41-4)42-18-22-8-14-26-28(16-22)44-19-43-26/h7-17,31H,5-6,18-19H2,1-4H3/b29-17+/t31-/m0/s1. The van der Waals surface area contributed by atoms with Gasteiger partial charge in [0, 0.05) is 18.1 Å². The molecule has 45 heavy (non-hydrogen) atoms. The van der Waals surface area contributed by atoms with E-state index in [4.69, 9.17) is 35.5 Å². The summed E-state index contributed by atoms with van der Waals surface area (Å²) in [5.74, 6) is 2.35. The Kier molecular flexibility index (Phi) is 8.69. The highest BCUT2D eigenvalue weighted by Crippen LogP contribution is 2.35. The summed E-state index contributed by atoms with van der Waals surface area (Å²) in [6, 6.07) is 17.8. The van der Waals surface area contributed by atoms with Gasteiger partial charge in [-0.3, -0.25) is 14.2 Å². The highest BCUT2D eigenvalue weighted by Gasteiger charge is 2.34. The Balaban J connectivity index is 1.35. The minimum atomic E-state index is -0.643. The minimum absolute atomic E-state index is 0.142. The number of nitrogens with zero attached hydrogens (tertiary/aromatic N) is 3. The van der Waals surface area contributed by atoms with Crippen LogP contribution in [0, 0.1) is 0 Å². The normalized spacial score (nSPS) is 15.5. The number of carbonyl (C=O) groups is 1. The smallest absolute Gasteiger partial charge is 0.271 e. The van der Waals surface area contributed by atoms with Crippen molar-refractivity contribution in [2.45, 2.75) is 33.4 Å². The van der Waals surface area contributed by atoms with Crippen LogP contribution in [0.1, 0.15) is 43.5 Å². The number of ether oxygens (including phenoxy) is 4. The van der Waals surface area contributed by atoms with Crippen LogP contribution in [0.5, 0.6) is 23.0 Å². The molecule has 2 aliphatic rings. The fourth-order valence-corrected chi connectivity index (χ4v) is 6.65. The number of rotatable bonds is 9. The Labute approximate surface area is 269 Å². The lowest BCUT2D eigenvalue weighted by Gasteiger charge is -2.29. The van der Waals surface area contributed by atoms with Crippen LogP contribution in [0.2, 0.25) is 5.02 Å². The van der Waals surface area contributed by atoms with E-state index < -0.39 is 6.04 Å². The van der Waals surface area contributed by atoms with E-state index in [1.165, 1.54) is 11.3 Å². The summed E-state index contributed by atoms with van der Waals surface area (Å²) >= 11 is 7.48. The van der Waals surface area contributed by atoms with E-state index in [1.54, 1.807) is 34.8 Å². The topological polar surface area (TPSA) is 91.6 Å². The quantitative estimate of drug-likeness (QED) is 0.252. The molecule has 2 aliphatic heterocycles. The lowest BCUT2D eigenvalue weighted by molar-refractivity contribution is -0.127. The first-order valence-corrected chi connectivity index (χ1v) is 15.8. The maximum atomic E-state index is 14.0. The van der Waals surface area contributed by atoms with Gasteiger partial charge >= 0.3 is 0 Å². The molecule has 3 aromatic carbocycles. The minimum Gasteiger partial charge on any atom is -0.493 e. The van der Waals surface area contributed by atoms with Gasteiger partial charge < -0.3 is 23.8 Å². The van der Waals surface area contributed by atoms with Gasteiger partial charge in [0.25, 0.3) is 11.5 Å². The van der Waals surface area contributed by atoms with Crippen molar-refractivity contribution < 1.29 is 23.7 Å². The van der Waals surface area contributed by atoms with Crippen molar-refractivity contribution in [1.29, 1.82) is 0 Å². The number of thiazole rings is 1. The fraction of sp³-hybridized carbons (Fsp3) is 0.265. The number of carbonyl (C=O) groups excluding carboxylic acids is 1. The van der Waals surface area contributed by atoms with Crippen LogP contribution in [0.3, 0.4) is 0 Å². The van der Waals surface area contributed by atoms with Gasteiger partial charge in [0.1, 0.15) is 6.61 Å². The number of halogens is 1. The number of likely N-dealkylation sites (N-methyl/N-ethyl adjacent to an activating group) is 1. The first kappa shape index (κ1) is 30.5. The summed E-state index contributed by atoms with van der Waals surface area (Å²) in [5, 5.41) is 0.570. The van der Waals surface area contributed by atoms with Crippen molar-refractivity contribution in [3.05, 3.63) is 113 Å². The molecule has 1 amide bonds. The van der Waals surface area contributed by atoms with E-state index in [2.05, 4.69) is 0 Å². The fourth-order valence-electron chi connectivity index (χ4n) is 5.47. The summed E-state index contributed by atoms with van der Waals surface area (Å²) in [6.07, 6.45) is 1.80. The van der Waals surface area contributed by atoms with Crippen LogP contribution in [0.4, 0.5) is 0 Å². The molecule has 11 heteroatoms. The number of amides is 1. The molecule has 0 saturated heterocycles. The first-order valence-electron chi connectivity index (χ1n) is 14.6. The van der Waals surface area contributed by atoms with Crippen LogP contribution >= 0.6 is 22.9 Å². The SMILES string of the molecule is CCN(CC)C(=O)C1=C(C)N=c2s/c(=C/c3ccc(OCc4ccc5c(c4)OCO5)c(OC)c3)c(=O)n2[C@H]1c1ccc(Cl)cc1. The highest BCUT2D eigenvalue weighted by atomic mass is 35.5. The van der Waals surface area contributed by atoms with Gasteiger partial charge in [-0.25, -0.2) is 4.99 Å². The maximum absolute atomic E-state index is 14.0. The molecular weight excluding hydrogens is 614 g/mol. The molecule has 0 unspecified atom stereocenters. The summed E-state index contributed by atoms with van der Waals surface area (Å²) < 4.78 is 24.6. The predicted molar refractivity (Wildman–Crippen MR) is 173 cm³/mol. The van der Waals surface area contributed by atoms with Gasteiger partial charge in [-0.1, -0.05) is 47.2 Å². The van der Waals surface area contributed by atoms with Crippen LogP contribution in [-0.4, -0.2) is 42.4 Å². The van der Waals surface area contributed by atoms with Gasteiger partial charge in [0.2, 0.25) is 6.79 Å². The molecule has 0 radical (unpaired) electrons. The zero-order valence-electron chi connectivity index (χ0n) is 25.3. The Bertz CT molecular complexity index is 1980. The van der Waals surface area contributed by atoms with Crippen molar-refractivity contribution in [2.24, 2.45) is 4.99 Å². The first-order chi connectivity index (χ1) is 21.8. The zero-order valence-corrected chi connectivity index (χ0v) is 26.9. The second kappa shape index (κ2) is 12.8. The number of methoxy groups -OCH3 is 1. The van der Waals surface area contributed by atoms with Crippen molar-refractivity contribution in [3.63, 3.8) is 0 Å². The van der Waals surface area contributed by atoms with Crippen molar-refractivity contribution >= 4 is 34.9 Å². The maximum Gasteiger partial charge on any atom is 0.271 e. The Morgan fingerprint density at radius 3 is 2.56 bits per heavy atom. The van der Waals surface area contributed by atoms with Crippen LogP contribution in [0.25, 0.3) is 6.08 Å². The van der Waals surface area contributed by atoms with E-state index in [9.17, 15) is 9.59 Å². The molecule has 0 aliphatic carbocycles. The summed E-state index contributed by atoms with van der Waals surface area (Å²) in [6.45, 7) is 7.30. The number of fused-ring (bicyclic) bond motifs is 2. The second-order valence-electron chi connectivity index (χ2n) is 10.5. The molecule has 232 valence electrons. The number of benzene rings is 3. The molecule has 4 aromatic rings. The largest absolute Gasteiger partial charge is 0.493 e. The van der Waals surface area contributed by atoms with Crippen LogP contribution in [0.15, 0.2) is 81.7 Å². The lowest BCUT2D eigenvalue weighted by atomic mass is 9.94. The molecule has 0 saturated carbocycles. The van der Waals surface area contributed by atoms with Crippen molar-refractivity contribution in [2.75, 3.05) is 27.0 Å². The molecule has 0 bridgehead atoms. The average Bonchev–Trinajstić information content (AvgIpc) is 3.64. The second-order valence-corrected chi connectivity index (χ2v) is 11.9. The number of hydrogen-bond acceptors (Lipinski definition) is 8. The van der Waals surface area contributed by atoms with Gasteiger partial charge in [-0.2, -0.15) is 0 Å². The third-order valence-electron chi connectivity index (χ3n) is 7.81. The number of allylic oxidation sites excluding steroid dienone is 1. The number of aromatic nitrogens is 1. The van der Waals surface area contributed by atoms with Gasteiger partial charge in [0.15, 0.2) is 27.8 Å². The Morgan fingerprint density at radius 1 is 1.07 bits per heavy atom. The molecule has 6 rings (SSSR count).